The monoisotopic (exact) mass is 223 g/mol. The molecule has 0 unspecified atom stereocenters. The minimum Gasteiger partial charge on any atom is -0.432 e. The fourth-order valence-electron chi connectivity index (χ4n) is 1.02. The predicted molar refractivity (Wildman–Crippen MR) is 58.7 cm³/mol. The van der Waals surface area contributed by atoms with Crippen LogP contribution in [-0.4, -0.2) is 34.5 Å². The normalized spacial score (nSPS) is 10.3. The summed E-state index contributed by atoms with van der Waals surface area (Å²) in [5.41, 5.74) is 1.34. The molecular weight excluding hydrogens is 214 g/mol. The van der Waals surface area contributed by atoms with Crippen LogP contribution in [0.15, 0.2) is 22.8 Å². The molecule has 78 valence electrons. The minimum atomic E-state index is 0.394. The van der Waals surface area contributed by atoms with Crippen LogP contribution < -0.4 is 4.74 Å². The Balaban J connectivity index is 2.25. The Morgan fingerprint density at radius 3 is 2.80 bits per heavy atom. The third-order valence-corrected chi connectivity index (χ3v) is 2.24. The Hall–Kier alpha value is -1.69. The molecule has 0 saturated heterocycles. The Labute approximate surface area is 91.6 Å². The molecule has 0 atom stereocenters. The fraction of sp³-hybridized carbons (Fsp3) is 0.222. The molecule has 0 N–H and O–H groups in total. The topological polar surface area (TPSA) is 51.4 Å². The van der Waals surface area contributed by atoms with Crippen LogP contribution in [0.1, 0.15) is 0 Å². The number of thiocarbonyl (C=S) groups is 1. The Morgan fingerprint density at radius 2 is 2.07 bits per heavy atom. The van der Waals surface area contributed by atoms with E-state index in [0.29, 0.717) is 22.0 Å². The SMILES string of the molecule is CN(C)C(=S)Oc1ccc2nonc2c1. The highest BCUT2D eigenvalue weighted by Gasteiger charge is 2.05. The molecule has 2 rings (SSSR count). The van der Waals surface area contributed by atoms with Crippen LogP contribution in [0.2, 0.25) is 0 Å². The lowest BCUT2D eigenvalue weighted by Gasteiger charge is -2.13. The van der Waals surface area contributed by atoms with Crippen LogP contribution in [0.25, 0.3) is 11.0 Å². The second-order valence-corrected chi connectivity index (χ2v) is 3.53. The third-order valence-electron chi connectivity index (χ3n) is 1.80. The number of ether oxygens (including phenoxy) is 1. The summed E-state index contributed by atoms with van der Waals surface area (Å²) in [6, 6.07) is 5.25. The van der Waals surface area contributed by atoms with Gasteiger partial charge in [0.05, 0.1) is 0 Å². The molecule has 1 aromatic heterocycles. The first-order valence-electron chi connectivity index (χ1n) is 4.28. The first-order chi connectivity index (χ1) is 7.16. The highest BCUT2D eigenvalue weighted by atomic mass is 32.1. The van der Waals surface area contributed by atoms with Gasteiger partial charge in [0.25, 0.3) is 5.17 Å². The fourth-order valence-corrected chi connectivity index (χ4v) is 1.11. The number of nitrogens with zero attached hydrogens (tertiary/aromatic N) is 3. The van der Waals surface area contributed by atoms with E-state index in [-0.39, 0.29) is 0 Å². The zero-order valence-corrected chi connectivity index (χ0v) is 9.11. The second kappa shape index (κ2) is 3.82. The first kappa shape index (κ1) is 9.85. The number of hydrogen-bond acceptors (Lipinski definition) is 5. The Kier molecular flexibility index (Phi) is 2.51. The Morgan fingerprint density at radius 1 is 1.33 bits per heavy atom. The lowest BCUT2D eigenvalue weighted by Crippen LogP contribution is -2.24. The van der Waals surface area contributed by atoms with Gasteiger partial charge in [-0.2, -0.15) is 0 Å². The summed E-state index contributed by atoms with van der Waals surface area (Å²) >= 11 is 5.01. The van der Waals surface area contributed by atoms with E-state index in [1.54, 1.807) is 23.1 Å². The van der Waals surface area contributed by atoms with Crippen LogP contribution >= 0.6 is 12.2 Å². The molecule has 1 aromatic carbocycles. The van der Waals surface area contributed by atoms with Crippen molar-refractivity contribution in [3.8, 4) is 5.75 Å². The number of fused-ring (bicyclic) bond motifs is 1. The quantitative estimate of drug-likeness (QED) is 0.682. The third kappa shape index (κ3) is 2.04. The molecule has 0 aliphatic carbocycles. The van der Waals surface area contributed by atoms with E-state index in [1.165, 1.54) is 0 Å². The van der Waals surface area contributed by atoms with Gasteiger partial charge in [0.1, 0.15) is 16.8 Å². The van der Waals surface area contributed by atoms with Gasteiger partial charge >= 0.3 is 0 Å². The lowest BCUT2D eigenvalue weighted by atomic mass is 10.3. The maximum atomic E-state index is 5.40. The summed E-state index contributed by atoms with van der Waals surface area (Å²) in [6.45, 7) is 0. The predicted octanol–water partition coefficient (Wildman–Crippen LogP) is 1.45. The van der Waals surface area contributed by atoms with Crippen LogP contribution in [0.5, 0.6) is 5.75 Å². The number of benzene rings is 1. The van der Waals surface area contributed by atoms with Gasteiger partial charge in [-0.15, -0.1) is 0 Å². The van der Waals surface area contributed by atoms with Crippen LogP contribution in [0.3, 0.4) is 0 Å². The molecule has 0 bridgehead atoms. The van der Waals surface area contributed by atoms with E-state index in [2.05, 4.69) is 14.9 Å². The van der Waals surface area contributed by atoms with E-state index >= 15 is 0 Å². The Bertz CT molecular complexity index is 495. The van der Waals surface area contributed by atoms with Crippen molar-refractivity contribution in [3.05, 3.63) is 18.2 Å². The van der Waals surface area contributed by atoms with Crippen molar-refractivity contribution in [1.82, 2.24) is 15.2 Å². The van der Waals surface area contributed by atoms with E-state index in [4.69, 9.17) is 17.0 Å². The van der Waals surface area contributed by atoms with Crippen molar-refractivity contribution in [2.24, 2.45) is 0 Å². The second-order valence-electron chi connectivity index (χ2n) is 3.18. The van der Waals surface area contributed by atoms with Gasteiger partial charge in [-0.1, -0.05) is 0 Å². The molecule has 0 radical (unpaired) electrons. The van der Waals surface area contributed by atoms with Gasteiger partial charge in [-0.3, -0.25) is 0 Å². The maximum Gasteiger partial charge on any atom is 0.264 e. The maximum absolute atomic E-state index is 5.40. The van der Waals surface area contributed by atoms with Gasteiger partial charge in [-0.25, -0.2) is 4.63 Å². The summed E-state index contributed by atoms with van der Waals surface area (Å²) < 4.78 is 9.97. The molecule has 6 heteroatoms. The van der Waals surface area contributed by atoms with E-state index < -0.39 is 0 Å². The molecule has 0 saturated carbocycles. The zero-order chi connectivity index (χ0) is 10.8. The van der Waals surface area contributed by atoms with Gasteiger partial charge in [-0.05, 0) is 34.7 Å². The standard InChI is InChI=1S/C9H9N3O2S/c1-12(2)9(15)13-6-3-4-7-8(5-6)11-14-10-7/h3-5H,1-2H3. The summed E-state index contributed by atoms with van der Waals surface area (Å²) in [4.78, 5) is 1.71. The van der Waals surface area contributed by atoms with E-state index in [9.17, 15) is 0 Å². The number of rotatable bonds is 1. The molecule has 0 aliphatic rings. The van der Waals surface area contributed by atoms with Crippen molar-refractivity contribution in [2.75, 3.05) is 14.1 Å². The highest BCUT2D eigenvalue weighted by Crippen LogP contribution is 2.18. The van der Waals surface area contributed by atoms with Crippen molar-refractivity contribution in [2.45, 2.75) is 0 Å². The average Bonchev–Trinajstić information content (AvgIpc) is 2.64. The summed E-state index contributed by atoms with van der Waals surface area (Å²) in [7, 11) is 3.64. The smallest absolute Gasteiger partial charge is 0.264 e. The highest BCUT2D eigenvalue weighted by molar-refractivity contribution is 7.80. The molecule has 0 spiro atoms. The molecule has 15 heavy (non-hydrogen) atoms. The minimum absolute atomic E-state index is 0.394. The summed E-state index contributed by atoms with van der Waals surface area (Å²) in [5.74, 6) is 0.622. The van der Waals surface area contributed by atoms with E-state index in [1.807, 2.05) is 14.1 Å². The van der Waals surface area contributed by atoms with Gasteiger partial charge in [0.2, 0.25) is 0 Å². The number of aromatic nitrogens is 2. The molecule has 0 aliphatic heterocycles. The van der Waals surface area contributed by atoms with E-state index in [0.717, 1.165) is 0 Å². The first-order valence-corrected chi connectivity index (χ1v) is 4.69. The van der Waals surface area contributed by atoms with Crippen LogP contribution in [0, 0.1) is 0 Å². The van der Waals surface area contributed by atoms with Crippen LogP contribution in [0.4, 0.5) is 0 Å². The lowest BCUT2D eigenvalue weighted by molar-refractivity contribution is 0.315. The van der Waals surface area contributed by atoms with Crippen molar-refractivity contribution in [1.29, 1.82) is 0 Å². The molecule has 1 heterocycles. The summed E-state index contributed by atoms with van der Waals surface area (Å²) in [6.07, 6.45) is 0. The molecule has 0 fully saturated rings. The van der Waals surface area contributed by atoms with Crippen molar-refractivity contribution >= 4 is 28.4 Å². The molecule has 5 nitrogen and oxygen atoms in total. The van der Waals surface area contributed by atoms with Gasteiger partial charge < -0.3 is 9.64 Å². The zero-order valence-electron chi connectivity index (χ0n) is 8.30. The molecule has 2 aromatic rings. The molecular formula is C9H9N3O2S. The van der Waals surface area contributed by atoms with Gasteiger partial charge in [0, 0.05) is 20.2 Å². The number of hydrogen-bond donors (Lipinski definition) is 0. The molecule has 0 amide bonds. The van der Waals surface area contributed by atoms with Crippen LogP contribution in [-0.2, 0) is 0 Å². The largest absolute Gasteiger partial charge is 0.432 e. The van der Waals surface area contributed by atoms with Gasteiger partial charge in [0.15, 0.2) is 0 Å². The summed E-state index contributed by atoms with van der Waals surface area (Å²) in [5, 5.41) is 7.79. The average molecular weight is 223 g/mol. The van der Waals surface area contributed by atoms with Crippen molar-refractivity contribution in [3.63, 3.8) is 0 Å². The van der Waals surface area contributed by atoms with Crippen molar-refractivity contribution < 1.29 is 9.37 Å².